The van der Waals surface area contributed by atoms with Crippen molar-refractivity contribution in [3.8, 4) is 0 Å². The number of ether oxygens (including phenoxy) is 1. The van der Waals surface area contributed by atoms with Gasteiger partial charge in [-0.3, -0.25) is 4.79 Å². The molecular weight excluding hydrogens is 236 g/mol. The summed E-state index contributed by atoms with van der Waals surface area (Å²) < 4.78 is 4.87. The Hall–Kier alpha value is -1.14. The number of methoxy groups -OCH3 is 1. The van der Waals surface area contributed by atoms with Crippen LogP contribution in [0.3, 0.4) is 0 Å². The molecule has 18 heavy (non-hydrogen) atoms. The number of carbonyl (C=O) groups is 2. The van der Waals surface area contributed by atoms with Gasteiger partial charge in [0.1, 0.15) is 6.04 Å². The Balaban J connectivity index is 2.49. The fourth-order valence-electron chi connectivity index (χ4n) is 2.22. The molecule has 0 aromatic rings. The summed E-state index contributed by atoms with van der Waals surface area (Å²) >= 11 is 0. The zero-order chi connectivity index (χ0) is 13.6. The molecule has 0 heterocycles. The van der Waals surface area contributed by atoms with Gasteiger partial charge in [-0.05, 0) is 25.7 Å². The summed E-state index contributed by atoms with van der Waals surface area (Å²) in [5.74, 6) is -1.37. The molecule has 0 spiro atoms. The molecule has 0 radical (unpaired) electrons. The fourth-order valence-corrected chi connectivity index (χ4v) is 2.22. The second-order valence-corrected chi connectivity index (χ2v) is 4.86. The quantitative estimate of drug-likeness (QED) is 0.568. The number of hydrogen-bond donors (Lipinski definition) is 3. The molecule has 104 valence electrons. The first-order valence-electron chi connectivity index (χ1n) is 6.31. The Kier molecular flexibility index (Phi) is 5.55. The summed E-state index contributed by atoms with van der Waals surface area (Å²) in [5.41, 5.74) is 5.10. The molecule has 0 aromatic heterocycles. The zero-order valence-corrected chi connectivity index (χ0v) is 10.8. The lowest BCUT2D eigenvalue weighted by atomic mass is 9.97. The lowest BCUT2D eigenvalue weighted by Crippen LogP contribution is -2.56. The number of aliphatic carboxylic acids is 1. The first-order chi connectivity index (χ1) is 8.49. The van der Waals surface area contributed by atoms with Crippen molar-refractivity contribution < 1.29 is 19.4 Å². The van der Waals surface area contributed by atoms with Crippen LogP contribution in [-0.2, 0) is 14.3 Å². The van der Waals surface area contributed by atoms with Crippen LogP contribution in [0, 0.1) is 0 Å². The smallest absolute Gasteiger partial charge is 0.326 e. The van der Waals surface area contributed by atoms with E-state index >= 15 is 0 Å². The minimum Gasteiger partial charge on any atom is -0.480 e. The van der Waals surface area contributed by atoms with Crippen LogP contribution in [0.15, 0.2) is 0 Å². The van der Waals surface area contributed by atoms with Gasteiger partial charge in [-0.1, -0.05) is 12.8 Å². The normalized spacial score (nSPS) is 19.4. The summed E-state index contributed by atoms with van der Waals surface area (Å²) in [7, 11) is 1.56. The van der Waals surface area contributed by atoms with E-state index in [0.29, 0.717) is 32.3 Å². The molecule has 0 aromatic carbocycles. The topological polar surface area (TPSA) is 102 Å². The summed E-state index contributed by atoms with van der Waals surface area (Å²) in [4.78, 5) is 23.0. The second kappa shape index (κ2) is 6.70. The summed E-state index contributed by atoms with van der Waals surface area (Å²) in [6.45, 7) is 0.480. The number of nitrogens with two attached hydrogens (primary N) is 1. The van der Waals surface area contributed by atoms with Crippen LogP contribution < -0.4 is 11.1 Å². The number of nitrogens with one attached hydrogen (secondary N) is 1. The number of carbonyl (C=O) groups excluding carboxylic acids is 1. The fraction of sp³-hybridized carbons (Fsp3) is 0.833. The lowest BCUT2D eigenvalue weighted by molar-refractivity contribution is -0.143. The minimum absolute atomic E-state index is 0.343. The standard InChI is InChI=1S/C12H22N2O4/c1-18-8-4-5-9(10(15)16)14-11(17)12(13)6-2-3-7-12/h9H,2-8,13H2,1H3,(H,14,17)(H,15,16). The number of rotatable bonds is 7. The second-order valence-electron chi connectivity index (χ2n) is 4.86. The van der Waals surface area contributed by atoms with Crippen LogP contribution in [0.4, 0.5) is 0 Å². The maximum Gasteiger partial charge on any atom is 0.326 e. The Labute approximate surface area is 107 Å². The van der Waals surface area contributed by atoms with Crippen molar-refractivity contribution in [2.45, 2.75) is 50.1 Å². The van der Waals surface area contributed by atoms with Crippen LogP contribution in [-0.4, -0.2) is 42.3 Å². The monoisotopic (exact) mass is 258 g/mol. The largest absolute Gasteiger partial charge is 0.480 e. The summed E-state index contributed by atoms with van der Waals surface area (Å²) in [6.07, 6.45) is 4.04. The first kappa shape index (κ1) is 14.9. The maximum absolute atomic E-state index is 12.0. The van der Waals surface area contributed by atoms with Gasteiger partial charge in [-0.15, -0.1) is 0 Å². The van der Waals surface area contributed by atoms with Gasteiger partial charge in [0, 0.05) is 13.7 Å². The Bertz CT molecular complexity index is 300. The minimum atomic E-state index is -1.03. The molecule has 1 aliphatic rings. The Morgan fingerprint density at radius 2 is 2.06 bits per heavy atom. The first-order valence-corrected chi connectivity index (χ1v) is 6.31. The number of hydrogen-bond acceptors (Lipinski definition) is 4. The molecule has 1 fully saturated rings. The van der Waals surface area contributed by atoms with E-state index in [4.69, 9.17) is 15.6 Å². The molecule has 1 rings (SSSR count). The van der Waals surface area contributed by atoms with Crippen molar-refractivity contribution in [1.82, 2.24) is 5.32 Å². The molecular formula is C12H22N2O4. The van der Waals surface area contributed by atoms with Crippen LogP contribution in [0.1, 0.15) is 38.5 Å². The molecule has 0 bridgehead atoms. The third-order valence-electron chi connectivity index (χ3n) is 3.39. The highest BCUT2D eigenvalue weighted by molar-refractivity contribution is 5.90. The Morgan fingerprint density at radius 3 is 2.56 bits per heavy atom. The van der Waals surface area contributed by atoms with E-state index in [9.17, 15) is 9.59 Å². The predicted octanol–water partition coefficient (Wildman–Crippen LogP) is 0.254. The van der Waals surface area contributed by atoms with E-state index in [2.05, 4.69) is 5.32 Å². The van der Waals surface area contributed by atoms with Gasteiger partial charge in [0.2, 0.25) is 5.91 Å². The lowest BCUT2D eigenvalue weighted by Gasteiger charge is -2.25. The average molecular weight is 258 g/mol. The number of amides is 1. The van der Waals surface area contributed by atoms with Gasteiger partial charge in [-0.25, -0.2) is 4.79 Å². The third-order valence-corrected chi connectivity index (χ3v) is 3.39. The molecule has 6 heteroatoms. The van der Waals surface area contributed by atoms with E-state index < -0.39 is 17.6 Å². The van der Waals surface area contributed by atoms with Crippen LogP contribution >= 0.6 is 0 Å². The molecule has 4 N–H and O–H groups in total. The van der Waals surface area contributed by atoms with Gasteiger partial charge >= 0.3 is 5.97 Å². The van der Waals surface area contributed by atoms with Crippen molar-refractivity contribution in [2.24, 2.45) is 5.73 Å². The molecule has 0 aliphatic heterocycles. The van der Waals surface area contributed by atoms with Crippen LogP contribution in [0.2, 0.25) is 0 Å². The number of carboxylic acid groups (broad SMARTS) is 1. The molecule has 0 saturated heterocycles. The van der Waals surface area contributed by atoms with Crippen LogP contribution in [0.25, 0.3) is 0 Å². The molecule has 1 aliphatic carbocycles. The Morgan fingerprint density at radius 1 is 1.44 bits per heavy atom. The molecule has 1 unspecified atom stereocenters. The van der Waals surface area contributed by atoms with E-state index in [0.717, 1.165) is 12.8 Å². The average Bonchev–Trinajstić information content (AvgIpc) is 2.76. The van der Waals surface area contributed by atoms with Gasteiger partial charge < -0.3 is 20.9 Å². The SMILES string of the molecule is COCCCC(NC(=O)C1(N)CCCC1)C(=O)O. The zero-order valence-electron chi connectivity index (χ0n) is 10.8. The highest BCUT2D eigenvalue weighted by Gasteiger charge is 2.38. The van der Waals surface area contributed by atoms with Crippen molar-refractivity contribution >= 4 is 11.9 Å². The highest BCUT2D eigenvalue weighted by Crippen LogP contribution is 2.27. The third kappa shape index (κ3) is 3.96. The van der Waals surface area contributed by atoms with Gasteiger partial charge in [0.05, 0.1) is 5.54 Å². The number of carboxylic acids is 1. The highest BCUT2D eigenvalue weighted by atomic mass is 16.5. The van der Waals surface area contributed by atoms with Crippen molar-refractivity contribution in [1.29, 1.82) is 0 Å². The van der Waals surface area contributed by atoms with Gasteiger partial charge in [-0.2, -0.15) is 0 Å². The predicted molar refractivity (Wildman–Crippen MR) is 66.1 cm³/mol. The summed E-state index contributed by atoms with van der Waals surface area (Å²) in [6, 6.07) is -0.881. The van der Waals surface area contributed by atoms with E-state index in [1.165, 1.54) is 0 Å². The maximum atomic E-state index is 12.0. The molecule has 1 amide bonds. The van der Waals surface area contributed by atoms with Crippen LogP contribution in [0.5, 0.6) is 0 Å². The van der Waals surface area contributed by atoms with Gasteiger partial charge in [0.25, 0.3) is 0 Å². The van der Waals surface area contributed by atoms with Crippen molar-refractivity contribution in [3.05, 3.63) is 0 Å². The molecule has 1 saturated carbocycles. The van der Waals surface area contributed by atoms with E-state index in [1.807, 2.05) is 0 Å². The van der Waals surface area contributed by atoms with Gasteiger partial charge in [0.15, 0.2) is 0 Å². The van der Waals surface area contributed by atoms with Crippen molar-refractivity contribution in [3.63, 3.8) is 0 Å². The molecule has 1 atom stereocenters. The summed E-state index contributed by atoms with van der Waals surface area (Å²) in [5, 5.41) is 11.6. The van der Waals surface area contributed by atoms with E-state index in [-0.39, 0.29) is 5.91 Å². The van der Waals surface area contributed by atoms with E-state index in [1.54, 1.807) is 7.11 Å². The molecule has 6 nitrogen and oxygen atoms in total. The van der Waals surface area contributed by atoms with Crippen molar-refractivity contribution in [2.75, 3.05) is 13.7 Å².